The first-order valence-electron chi connectivity index (χ1n) is 31.7. The zero-order valence-electron chi connectivity index (χ0n) is 49.3. The SMILES string of the molecule is CC/C=C\C/C=C\C/C=C\C/C=C\CCCCCCCCCCC(=O)OCC(COC(=O)CCCCCCCCCCCCCCCCC)OC(=O)CCCCCCCCCC/C=C\C/C=C\C/C=C\C/C=C\CC. The van der Waals surface area contributed by atoms with E-state index in [4.69, 9.17) is 14.2 Å². The second-order valence-corrected chi connectivity index (χ2v) is 20.9. The molecule has 0 saturated heterocycles. The average molecular weight is 1040 g/mol. The van der Waals surface area contributed by atoms with Crippen LogP contribution in [0, 0.1) is 0 Å². The summed E-state index contributed by atoms with van der Waals surface area (Å²) in [6.07, 6.45) is 84.0. The molecule has 0 aromatic rings. The van der Waals surface area contributed by atoms with Gasteiger partial charge in [0.15, 0.2) is 6.10 Å². The van der Waals surface area contributed by atoms with E-state index in [1.54, 1.807) is 0 Å². The second kappa shape index (κ2) is 62.9. The van der Waals surface area contributed by atoms with E-state index in [1.165, 1.54) is 141 Å². The Bertz CT molecular complexity index is 1480. The van der Waals surface area contributed by atoms with E-state index < -0.39 is 6.10 Å². The number of hydrogen-bond donors (Lipinski definition) is 0. The van der Waals surface area contributed by atoms with E-state index in [0.717, 1.165) is 122 Å². The van der Waals surface area contributed by atoms with E-state index in [2.05, 4.69) is 118 Å². The van der Waals surface area contributed by atoms with Gasteiger partial charge in [-0.3, -0.25) is 14.4 Å². The van der Waals surface area contributed by atoms with Crippen molar-refractivity contribution in [3.8, 4) is 0 Å². The van der Waals surface area contributed by atoms with Crippen LogP contribution in [-0.4, -0.2) is 37.2 Å². The lowest BCUT2D eigenvalue weighted by atomic mass is 10.0. The Morgan fingerprint density at radius 1 is 0.280 bits per heavy atom. The first-order valence-corrected chi connectivity index (χ1v) is 31.7. The zero-order valence-corrected chi connectivity index (χ0v) is 49.3. The Kier molecular flexibility index (Phi) is 59.8. The number of allylic oxidation sites excluding steroid dienone is 16. The topological polar surface area (TPSA) is 78.9 Å². The molecule has 75 heavy (non-hydrogen) atoms. The quantitative estimate of drug-likeness (QED) is 0.0261. The molecule has 0 aromatic heterocycles. The summed E-state index contributed by atoms with van der Waals surface area (Å²) in [7, 11) is 0. The van der Waals surface area contributed by atoms with Gasteiger partial charge in [-0.2, -0.15) is 0 Å². The van der Waals surface area contributed by atoms with Crippen LogP contribution >= 0.6 is 0 Å². The van der Waals surface area contributed by atoms with Crippen molar-refractivity contribution in [3.05, 3.63) is 97.2 Å². The van der Waals surface area contributed by atoms with Crippen LogP contribution in [0.5, 0.6) is 0 Å². The second-order valence-electron chi connectivity index (χ2n) is 20.9. The number of unbranched alkanes of at least 4 members (excludes halogenated alkanes) is 30. The summed E-state index contributed by atoms with van der Waals surface area (Å²) in [5.74, 6) is -0.886. The summed E-state index contributed by atoms with van der Waals surface area (Å²) in [6, 6.07) is 0. The van der Waals surface area contributed by atoms with Crippen LogP contribution in [0.25, 0.3) is 0 Å². The van der Waals surface area contributed by atoms with E-state index in [0.29, 0.717) is 19.3 Å². The standard InChI is InChI=1S/C69H118O6/c1-4-7-10-13-16-19-22-25-28-30-32-34-36-38-41-44-47-50-53-56-59-62-68(71)74-65-66(64-73-67(70)61-58-55-52-49-46-43-40-27-24-21-18-15-12-9-6-3)75-69(72)63-60-57-54-51-48-45-42-39-37-35-33-31-29-26-23-20-17-14-11-8-5-2/h7-8,10-11,16-17,19-20,25-26,28-29,32-35,66H,4-6,9,12-15,18,21-24,27,30-31,36-65H2,1-3H3/b10-7-,11-8-,19-16-,20-17-,28-25-,29-26-,34-32-,35-33-. The van der Waals surface area contributed by atoms with Gasteiger partial charge in [-0.05, 0) is 96.3 Å². The molecule has 0 fully saturated rings. The van der Waals surface area contributed by atoms with Gasteiger partial charge in [-0.15, -0.1) is 0 Å². The number of carbonyl (C=O) groups excluding carboxylic acids is 3. The fraction of sp³-hybridized carbons (Fsp3) is 0.725. The van der Waals surface area contributed by atoms with Crippen LogP contribution in [0.15, 0.2) is 97.2 Å². The smallest absolute Gasteiger partial charge is 0.306 e. The van der Waals surface area contributed by atoms with E-state index in [1.807, 2.05) is 0 Å². The van der Waals surface area contributed by atoms with E-state index in [9.17, 15) is 14.4 Å². The molecule has 6 nitrogen and oxygen atoms in total. The lowest BCUT2D eigenvalue weighted by Gasteiger charge is -2.18. The predicted octanol–water partition coefficient (Wildman–Crippen LogP) is 21.7. The third kappa shape index (κ3) is 61.1. The van der Waals surface area contributed by atoms with Crippen LogP contribution in [0.1, 0.15) is 303 Å². The third-order valence-corrected chi connectivity index (χ3v) is 13.6. The molecule has 0 spiro atoms. The van der Waals surface area contributed by atoms with Gasteiger partial charge in [0.1, 0.15) is 13.2 Å². The van der Waals surface area contributed by atoms with Gasteiger partial charge >= 0.3 is 17.9 Å². The summed E-state index contributed by atoms with van der Waals surface area (Å²) >= 11 is 0. The molecule has 0 aromatic carbocycles. The van der Waals surface area contributed by atoms with Gasteiger partial charge in [0, 0.05) is 19.3 Å². The van der Waals surface area contributed by atoms with Gasteiger partial charge in [-0.1, -0.05) is 285 Å². The molecule has 0 aliphatic rings. The summed E-state index contributed by atoms with van der Waals surface area (Å²) in [5.41, 5.74) is 0. The Morgan fingerprint density at radius 3 is 0.813 bits per heavy atom. The zero-order chi connectivity index (χ0) is 54.3. The van der Waals surface area contributed by atoms with Crippen LogP contribution in [0.3, 0.4) is 0 Å². The Hall–Kier alpha value is -3.67. The maximum atomic E-state index is 12.9. The number of carbonyl (C=O) groups is 3. The number of esters is 3. The van der Waals surface area contributed by atoms with Crippen molar-refractivity contribution in [1.29, 1.82) is 0 Å². The van der Waals surface area contributed by atoms with Gasteiger partial charge in [0.25, 0.3) is 0 Å². The fourth-order valence-corrected chi connectivity index (χ4v) is 8.90. The first kappa shape index (κ1) is 71.3. The fourth-order valence-electron chi connectivity index (χ4n) is 8.90. The highest BCUT2D eigenvalue weighted by atomic mass is 16.6. The van der Waals surface area contributed by atoms with Crippen LogP contribution in [0.2, 0.25) is 0 Å². The number of ether oxygens (including phenoxy) is 3. The molecule has 0 radical (unpaired) electrons. The number of hydrogen-bond acceptors (Lipinski definition) is 6. The van der Waals surface area contributed by atoms with E-state index >= 15 is 0 Å². The molecule has 0 saturated carbocycles. The Balaban J connectivity index is 4.39. The van der Waals surface area contributed by atoms with Crippen molar-refractivity contribution < 1.29 is 28.6 Å². The Labute approximate surface area is 464 Å². The van der Waals surface area contributed by atoms with Crippen molar-refractivity contribution in [1.82, 2.24) is 0 Å². The lowest BCUT2D eigenvalue weighted by molar-refractivity contribution is -0.167. The summed E-state index contributed by atoms with van der Waals surface area (Å²) in [6.45, 7) is 6.43. The van der Waals surface area contributed by atoms with Gasteiger partial charge in [-0.25, -0.2) is 0 Å². The monoisotopic (exact) mass is 1040 g/mol. The van der Waals surface area contributed by atoms with Gasteiger partial charge in [0.2, 0.25) is 0 Å². The number of rotatable bonds is 57. The minimum Gasteiger partial charge on any atom is -0.462 e. The first-order chi connectivity index (χ1) is 37.0. The molecule has 6 heteroatoms. The normalized spacial score (nSPS) is 12.7. The van der Waals surface area contributed by atoms with Crippen LogP contribution in [0.4, 0.5) is 0 Å². The van der Waals surface area contributed by atoms with Crippen molar-refractivity contribution >= 4 is 17.9 Å². The van der Waals surface area contributed by atoms with Crippen LogP contribution < -0.4 is 0 Å². The van der Waals surface area contributed by atoms with E-state index in [-0.39, 0.29) is 31.1 Å². The maximum absolute atomic E-state index is 12.9. The van der Waals surface area contributed by atoms with Gasteiger partial charge in [0.05, 0.1) is 0 Å². The molecule has 0 bridgehead atoms. The molecule has 430 valence electrons. The maximum Gasteiger partial charge on any atom is 0.306 e. The van der Waals surface area contributed by atoms with Gasteiger partial charge < -0.3 is 14.2 Å². The molecular weight excluding hydrogens is 925 g/mol. The molecule has 0 aliphatic heterocycles. The molecule has 0 N–H and O–H groups in total. The molecule has 1 unspecified atom stereocenters. The summed E-state index contributed by atoms with van der Waals surface area (Å²) in [4.78, 5) is 38.3. The predicted molar refractivity (Wildman–Crippen MR) is 325 cm³/mol. The molecule has 1 atom stereocenters. The minimum absolute atomic E-state index is 0.0810. The summed E-state index contributed by atoms with van der Waals surface area (Å²) in [5, 5.41) is 0. The van der Waals surface area contributed by atoms with Crippen molar-refractivity contribution in [2.75, 3.05) is 13.2 Å². The highest BCUT2D eigenvalue weighted by molar-refractivity contribution is 5.71. The van der Waals surface area contributed by atoms with Crippen LogP contribution in [-0.2, 0) is 28.6 Å². The van der Waals surface area contributed by atoms with Crippen molar-refractivity contribution in [2.45, 2.75) is 309 Å². The minimum atomic E-state index is -0.786. The molecule has 0 heterocycles. The van der Waals surface area contributed by atoms with Crippen molar-refractivity contribution in [2.24, 2.45) is 0 Å². The Morgan fingerprint density at radius 2 is 0.520 bits per heavy atom. The highest BCUT2D eigenvalue weighted by Gasteiger charge is 2.19. The average Bonchev–Trinajstić information content (AvgIpc) is 3.41. The molecule has 0 aliphatic carbocycles. The highest BCUT2D eigenvalue weighted by Crippen LogP contribution is 2.16. The summed E-state index contributed by atoms with van der Waals surface area (Å²) < 4.78 is 16.9. The molecule has 0 amide bonds. The molecule has 0 rings (SSSR count). The lowest BCUT2D eigenvalue weighted by Crippen LogP contribution is -2.30. The largest absolute Gasteiger partial charge is 0.462 e. The third-order valence-electron chi connectivity index (χ3n) is 13.6. The molecular formula is C69H118O6. The van der Waals surface area contributed by atoms with Crippen molar-refractivity contribution in [3.63, 3.8) is 0 Å².